The van der Waals surface area contributed by atoms with Gasteiger partial charge in [-0.15, -0.1) is 0 Å². The third-order valence-corrected chi connectivity index (χ3v) is 5.11. The molecule has 1 aromatic heterocycles. The molecule has 0 aliphatic heterocycles. The highest BCUT2D eigenvalue weighted by molar-refractivity contribution is 6.02. The third kappa shape index (κ3) is 3.44. The van der Waals surface area contributed by atoms with Gasteiger partial charge in [0.05, 0.1) is 12.7 Å². The number of nitrogens with zero attached hydrogens (tertiary/aromatic N) is 1. The Morgan fingerprint density at radius 2 is 1.92 bits per heavy atom. The van der Waals surface area contributed by atoms with Crippen LogP contribution >= 0.6 is 0 Å². The van der Waals surface area contributed by atoms with Crippen LogP contribution < -0.4 is 10.5 Å². The Kier molecular flexibility index (Phi) is 5.16. The molecule has 0 saturated heterocycles. The quantitative estimate of drug-likeness (QED) is 0.712. The Labute approximate surface area is 150 Å². The van der Waals surface area contributed by atoms with Crippen molar-refractivity contribution in [1.29, 1.82) is 0 Å². The van der Waals surface area contributed by atoms with Gasteiger partial charge in [-0.25, -0.2) is 0 Å². The first-order valence-electron chi connectivity index (χ1n) is 9.26. The fourth-order valence-corrected chi connectivity index (χ4v) is 3.75. The van der Waals surface area contributed by atoms with Crippen LogP contribution in [0.25, 0.3) is 11.1 Å². The summed E-state index contributed by atoms with van der Waals surface area (Å²) in [5.74, 6) is 0.481. The molecule has 4 heteroatoms. The summed E-state index contributed by atoms with van der Waals surface area (Å²) in [5.41, 5.74) is 10.8. The summed E-state index contributed by atoms with van der Waals surface area (Å²) in [6.45, 7) is 4.25. The SMILES string of the molecule is CCCCCc1c(-c2ccc(OC)cc2)c(C(N)=O)c(C)n1C1CC1. The van der Waals surface area contributed by atoms with Crippen molar-refractivity contribution in [2.75, 3.05) is 7.11 Å². The largest absolute Gasteiger partial charge is 0.497 e. The normalized spacial score (nSPS) is 13.9. The van der Waals surface area contributed by atoms with E-state index in [-0.39, 0.29) is 5.91 Å². The van der Waals surface area contributed by atoms with Gasteiger partial charge in [0.15, 0.2) is 0 Å². The molecule has 0 spiro atoms. The summed E-state index contributed by atoms with van der Waals surface area (Å²) in [6, 6.07) is 8.47. The standard InChI is InChI=1S/C21H28N2O2/c1-4-5-6-7-18-20(15-8-12-17(25-3)13-9-15)19(21(22)24)14(2)23(18)16-10-11-16/h8-9,12-13,16H,4-7,10-11H2,1-3H3,(H2,22,24). The summed E-state index contributed by atoms with van der Waals surface area (Å²) in [5, 5.41) is 0. The molecule has 1 aliphatic carbocycles. The summed E-state index contributed by atoms with van der Waals surface area (Å²) in [7, 11) is 1.66. The van der Waals surface area contributed by atoms with Crippen molar-refractivity contribution in [2.45, 2.75) is 58.4 Å². The predicted molar refractivity (Wildman–Crippen MR) is 101 cm³/mol. The first-order chi connectivity index (χ1) is 12.1. The Balaban J connectivity index is 2.14. The van der Waals surface area contributed by atoms with Gasteiger partial charge >= 0.3 is 0 Å². The smallest absolute Gasteiger partial charge is 0.251 e. The highest BCUT2D eigenvalue weighted by Crippen LogP contribution is 2.43. The highest BCUT2D eigenvalue weighted by atomic mass is 16.5. The summed E-state index contributed by atoms with van der Waals surface area (Å²) < 4.78 is 7.66. The molecule has 1 heterocycles. The maximum absolute atomic E-state index is 12.3. The molecule has 2 N–H and O–H groups in total. The Morgan fingerprint density at radius 3 is 2.44 bits per heavy atom. The van der Waals surface area contributed by atoms with Crippen LogP contribution in [-0.4, -0.2) is 17.6 Å². The molecular formula is C21H28N2O2. The second-order valence-electron chi connectivity index (χ2n) is 6.93. The molecule has 3 rings (SSSR count). The van der Waals surface area contributed by atoms with Crippen LogP contribution in [0.3, 0.4) is 0 Å². The zero-order valence-corrected chi connectivity index (χ0v) is 15.5. The van der Waals surface area contributed by atoms with Crippen LogP contribution in [0.1, 0.15) is 66.8 Å². The average molecular weight is 340 g/mol. The van der Waals surface area contributed by atoms with Gasteiger partial charge in [-0.05, 0) is 50.3 Å². The number of carbonyl (C=O) groups excluding carboxylic acids is 1. The zero-order chi connectivity index (χ0) is 18.0. The van der Waals surface area contributed by atoms with E-state index in [4.69, 9.17) is 10.5 Å². The Bertz CT molecular complexity index is 755. The van der Waals surface area contributed by atoms with Crippen molar-refractivity contribution < 1.29 is 9.53 Å². The van der Waals surface area contributed by atoms with Gasteiger partial charge in [0.1, 0.15) is 5.75 Å². The average Bonchev–Trinajstić information content (AvgIpc) is 3.39. The van der Waals surface area contributed by atoms with Crippen molar-refractivity contribution in [3.05, 3.63) is 41.2 Å². The number of nitrogens with two attached hydrogens (primary N) is 1. The minimum Gasteiger partial charge on any atom is -0.497 e. The fraction of sp³-hybridized carbons (Fsp3) is 0.476. The first-order valence-corrected chi connectivity index (χ1v) is 9.26. The summed E-state index contributed by atoms with van der Waals surface area (Å²) in [4.78, 5) is 12.3. The molecule has 1 fully saturated rings. The van der Waals surface area contributed by atoms with Crippen molar-refractivity contribution >= 4 is 5.91 Å². The molecule has 0 bridgehead atoms. The van der Waals surface area contributed by atoms with Gasteiger partial charge in [0.25, 0.3) is 5.91 Å². The van der Waals surface area contributed by atoms with E-state index in [9.17, 15) is 4.79 Å². The lowest BCUT2D eigenvalue weighted by molar-refractivity contribution is 0.1000. The number of primary amides is 1. The molecule has 1 aliphatic rings. The van der Waals surface area contributed by atoms with Crippen molar-refractivity contribution in [3.63, 3.8) is 0 Å². The molecule has 0 unspecified atom stereocenters. The van der Waals surface area contributed by atoms with E-state index < -0.39 is 0 Å². The summed E-state index contributed by atoms with van der Waals surface area (Å²) >= 11 is 0. The van der Waals surface area contributed by atoms with Crippen LogP contribution in [0, 0.1) is 6.92 Å². The molecule has 0 radical (unpaired) electrons. The van der Waals surface area contributed by atoms with E-state index in [0.29, 0.717) is 11.6 Å². The van der Waals surface area contributed by atoms with Gasteiger partial charge < -0.3 is 15.0 Å². The molecule has 134 valence electrons. The number of rotatable bonds is 8. The molecule has 2 aromatic rings. The van der Waals surface area contributed by atoms with E-state index in [0.717, 1.165) is 35.4 Å². The maximum atomic E-state index is 12.3. The van der Waals surface area contributed by atoms with Gasteiger partial charge in [-0.2, -0.15) is 0 Å². The molecule has 4 nitrogen and oxygen atoms in total. The number of ether oxygens (including phenoxy) is 1. The van der Waals surface area contributed by atoms with Gasteiger partial charge in [-0.3, -0.25) is 4.79 Å². The molecular weight excluding hydrogens is 312 g/mol. The van der Waals surface area contributed by atoms with E-state index in [1.807, 2.05) is 31.2 Å². The van der Waals surface area contributed by atoms with Crippen LogP contribution in [0.4, 0.5) is 0 Å². The van der Waals surface area contributed by atoms with Gasteiger partial charge in [-0.1, -0.05) is 31.9 Å². The predicted octanol–water partition coefficient (Wildman–Crippen LogP) is 4.64. The lowest BCUT2D eigenvalue weighted by Crippen LogP contribution is -2.13. The maximum Gasteiger partial charge on any atom is 0.251 e. The minimum absolute atomic E-state index is 0.334. The number of unbranched alkanes of at least 4 members (excludes halogenated alkanes) is 2. The van der Waals surface area contributed by atoms with Crippen LogP contribution in [-0.2, 0) is 6.42 Å². The topological polar surface area (TPSA) is 57.2 Å². The second-order valence-corrected chi connectivity index (χ2v) is 6.93. The minimum atomic E-state index is -0.334. The van der Waals surface area contributed by atoms with Crippen molar-refractivity contribution in [3.8, 4) is 16.9 Å². The van der Waals surface area contributed by atoms with Crippen LogP contribution in [0.15, 0.2) is 24.3 Å². The number of amides is 1. The molecule has 1 saturated carbocycles. The second kappa shape index (κ2) is 7.34. The number of benzene rings is 1. The zero-order valence-electron chi connectivity index (χ0n) is 15.5. The molecule has 1 amide bonds. The molecule has 1 aromatic carbocycles. The highest BCUT2D eigenvalue weighted by Gasteiger charge is 2.32. The molecule has 25 heavy (non-hydrogen) atoms. The lowest BCUT2D eigenvalue weighted by Gasteiger charge is -2.12. The molecule has 0 atom stereocenters. The van der Waals surface area contributed by atoms with E-state index in [1.54, 1.807) is 7.11 Å². The number of aromatic nitrogens is 1. The van der Waals surface area contributed by atoms with Gasteiger partial charge in [0.2, 0.25) is 0 Å². The number of hydrogen-bond donors (Lipinski definition) is 1. The van der Waals surface area contributed by atoms with E-state index in [1.165, 1.54) is 31.4 Å². The number of hydrogen-bond acceptors (Lipinski definition) is 2. The van der Waals surface area contributed by atoms with E-state index >= 15 is 0 Å². The Morgan fingerprint density at radius 1 is 1.24 bits per heavy atom. The Hall–Kier alpha value is -2.23. The monoisotopic (exact) mass is 340 g/mol. The van der Waals surface area contributed by atoms with Crippen LogP contribution in [0.2, 0.25) is 0 Å². The fourth-order valence-electron chi connectivity index (χ4n) is 3.75. The summed E-state index contributed by atoms with van der Waals surface area (Å²) in [6.07, 6.45) is 6.88. The van der Waals surface area contributed by atoms with E-state index in [2.05, 4.69) is 11.5 Å². The lowest BCUT2D eigenvalue weighted by atomic mass is 9.97. The number of methoxy groups -OCH3 is 1. The third-order valence-electron chi connectivity index (χ3n) is 5.11. The van der Waals surface area contributed by atoms with Crippen molar-refractivity contribution in [2.24, 2.45) is 5.73 Å². The van der Waals surface area contributed by atoms with Gasteiger partial charge in [0, 0.05) is 23.0 Å². The van der Waals surface area contributed by atoms with Crippen molar-refractivity contribution in [1.82, 2.24) is 4.57 Å². The van der Waals surface area contributed by atoms with Crippen LogP contribution in [0.5, 0.6) is 5.75 Å². The number of carbonyl (C=O) groups is 1. The first kappa shape index (κ1) is 17.6.